The van der Waals surface area contributed by atoms with Gasteiger partial charge in [-0.15, -0.1) is 0 Å². The summed E-state index contributed by atoms with van der Waals surface area (Å²) in [5.41, 5.74) is 0. The Morgan fingerprint density at radius 3 is 1.12 bits per heavy atom. The van der Waals surface area contributed by atoms with Gasteiger partial charge in [0.05, 0.1) is 0 Å². The van der Waals surface area contributed by atoms with Crippen molar-refractivity contribution >= 4 is 59.3 Å². The van der Waals surface area contributed by atoms with Crippen molar-refractivity contribution in [1.82, 2.24) is 0 Å². The van der Waals surface area contributed by atoms with Crippen LogP contribution in [-0.2, 0) is 10.4 Å². The van der Waals surface area contributed by atoms with E-state index in [-0.39, 0.29) is 111 Å². The van der Waals surface area contributed by atoms with E-state index in [2.05, 4.69) is 0 Å². The second kappa shape index (κ2) is 10.4. The van der Waals surface area contributed by atoms with E-state index in [1.807, 2.05) is 0 Å². The summed E-state index contributed by atoms with van der Waals surface area (Å²) >= 11 is 0. The normalized spacial score (nSPS) is 7.25. The Labute approximate surface area is 135 Å². The van der Waals surface area contributed by atoms with Crippen LogP contribution < -0.4 is 59.1 Å². The van der Waals surface area contributed by atoms with E-state index < -0.39 is 10.4 Å². The maximum absolute atomic E-state index is 8.52. The number of hydrogen-bond donors (Lipinski definition) is 0. The molecular formula is H2BaNa2O4S. The van der Waals surface area contributed by atoms with Gasteiger partial charge in [0.1, 0.15) is 0 Å². The van der Waals surface area contributed by atoms with Crippen molar-refractivity contribution in [2.75, 3.05) is 0 Å². The molecule has 0 spiro atoms. The molecule has 0 atom stereocenters. The van der Waals surface area contributed by atoms with Crippen LogP contribution >= 0.6 is 0 Å². The summed E-state index contributed by atoms with van der Waals surface area (Å²) in [4.78, 5) is 0. The van der Waals surface area contributed by atoms with Gasteiger partial charge in [-0.1, -0.05) is 0 Å². The van der Waals surface area contributed by atoms with E-state index in [1.165, 1.54) is 0 Å². The summed E-state index contributed by atoms with van der Waals surface area (Å²) in [7, 11) is -5.17. The van der Waals surface area contributed by atoms with E-state index in [4.69, 9.17) is 17.5 Å². The largest absolute Gasteiger partial charge is 2.00 e. The van der Waals surface area contributed by atoms with Crippen LogP contribution in [0, 0.1) is 0 Å². The topological polar surface area (TPSA) is 80.3 Å². The smallest absolute Gasteiger partial charge is 1.00 e. The Bertz CT molecular complexity index is 104. The molecule has 36 valence electrons. The molecule has 0 saturated carbocycles. The standard InChI is InChI=1S/Ba.2Na.H2O4S.2H/c;;;1-5(2,3)4;;/h;;;(H2,1,2,3,4);;/q+2;2*+1;;2*-1/p-2. The van der Waals surface area contributed by atoms with Gasteiger partial charge in [-0.05, 0) is 0 Å². The first-order valence-corrected chi connectivity index (χ1v) is 2.00. The first-order valence-electron chi connectivity index (χ1n) is 0.667. The molecule has 0 N–H and O–H groups in total. The minimum absolute atomic E-state index is 0. The van der Waals surface area contributed by atoms with Gasteiger partial charge in [0.15, 0.2) is 0 Å². The quantitative estimate of drug-likeness (QED) is 0.251. The van der Waals surface area contributed by atoms with E-state index in [9.17, 15) is 0 Å². The summed E-state index contributed by atoms with van der Waals surface area (Å²) in [5, 5.41) is 0. The van der Waals surface area contributed by atoms with Crippen LogP contribution in [0.15, 0.2) is 0 Å². The monoisotopic (exact) mass is 282 g/mol. The molecule has 0 aliphatic rings. The zero-order chi connectivity index (χ0) is 4.50. The van der Waals surface area contributed by atoms with Crippen molar-refractivity contribution in [3.05, 3.63) is 0 Å². The zero-order valence-corrected chi connectivity index (χ0v) is 14.0. The summed E-state index contributed by atoms with van der Waals surface area (Å²) in [6.45, 7) is 0. The average molecular weight is 281 g/mol. The van der Waals surface area contributed by atoms with Crippen LogP contribution in [0.3, 0.4) is 0 Å². The Hall–Kier alpha value is 3.44. The minimum atomic E-state index is -5.17. The molecule has 0 unspecified atom stereocenters. The molecule has 0 radical (unpaired) electrons. The molecule has 0 bridgehead atoms. The van der Waals surface area contributed by atoms with Gasteiger partial charge in [0, 0.05) is 10.4 Å². The molecule has 0 aliphatic carbocycles. The fourth-order valence-electron chi connectivity index (χ4n) is 0. The van der Waals surface area contributed by atoms with Crippen LogP contribution in [0.1, 0.15) is 2.85 Å². The Morgan fingerprint density at radius 1 is 1.12 bits per heavy atom. The van der Waals surface area contributed by atoms with Crippen LogP contribution in [0.2, 0.25) is 0 Å². The van der Waals surface area contributed by atoms with Gasteiger partial charge < -0.3 is 12.0 Å². The van der Waals surface area contributed by atoms with E-state index in [0.29, 0.717) is 0 Å². The molecule has 0 fully saturated rings. The van der Waals surface area contributed by atoms with Crippen molar-refractivity contribution in [3.8, 4) is 0 Å². The predicted molar refractivity (Wildman–Crippen MR) is 18.5 cm³/mol. The van der Waals surface area contributed by atoms with Crippen LogP contribution in [0.25, 0.3) is 0 Å². The third kappa shape index (κ3) is 56.8. The summed E-state index contributed by atoms with van der Waals surface area (Å²) < 4.78 is 34.1. The molecule has 0 aromatic rings. The second-order valence-corrected chi connectivity index (χ2v) is 1.22. The maximum atomic E-state index is 8.52. The van der Waals surface area contributed by atoms with Gasteiger partial charge in [-0.25, -0.2) is 0 Å². The van der Waals surface area contributed by atoms with Crippen molar-refractivity contribution < 1.29 is 79.5 Å². The molecule has 0 rings (SSSR count). The number of rotatable bonds is 0. The van der Waals surface area contributed by atoms with Gasteiger partial charge in [0.25, 0.3) is 0 Å². The molecule has 0 aromatic heterocycles. The third-order valence-corrected chi connectivity index (χ3v) is 0. The molecule has 0 amide bonds. The molecule has 0 aliphatic heterocycles. The fourth-order valence-corrected chi connectivity index (χ4v) is 0. The molecule has 0 aromatic carbocycles. The van der Waals surface area contributed by atoms with Crippen molar-refractivity contribution in [3.63, 3.8) is 0 Å². The van der Waals surface area contributed by atoms with Gasteiger partial charge in [-0.2, -0.15) is 0 Å². The first-order chi connectivity index (χ1) is 2.00. The minimum Gasteiger partial charge on any atom is -1.00 e. The molecule has 8 heavy (non-hydrogen) atoms. The van der Waals surface area contributed by atoms with E-state index in [1.54, 1.807) is 0 Å². The molecular weight excluding hydrogens is 279 g/mol. The van der Waals surface area contributed by atoms with Gasteiger partial charge in [-0.3, -0.25) is 8.42 Å². The summed E-state index contributed by atoms with van der Waals surface area (Å²) in [6, 6.07) is 0. The molecule has 8 heteroatoms. The van der Waals surface area contributed by atoms with Gasteiger partial charge in [0.2, 0.25) is 0 Å². The Kier molecular flexibility index (Phi) is 29.4. The van der Waals surface area contributed by atoms with Crippen LogP contribution in [-0.4, -0.2) is 66.4 Å². The average Bonchev–Trinajstić information content (AvgIpc) is 0.722. The Balaban J connectivity index is -0.00000000800. The first kappa shape index (κ1) is 22.5. The van der Waals surface area contributed by atoms with Crippen molar-refractivity contribution in [2.45, 2.75) is 0 Å². The van der Waals surface area contributed by atoms with Crippen LogP contribution in [0.4, 0.5) is 0 Å². The van der Waals surface area contributed by atoms with E-state index in [0.717, 1.165) is 0 Å². The maximum Gasteiger partial charge on any atom is 2.00 e. The van der Waals surface area contributed by atoms with Crippen molar-refractivity contribution in [2.24, 2.45) is 0 Å². The van der Waals surface area contributed by atoms with E-state index >= 15 is 0 Å². The molecule has 4 nitrogen and oxygen atoms in total. The fraction of sp³-hybridized carbons (Fsp3) is 0. The summed E-state index contributed by atoms with van der Waals surface area (Å²) in [6.07, 6.45) is 0. The molecule has 0 saturated heterocycles. The zero-order valence-electron chi connectivity index (χ0n) is 6.75. The third-order valence-electron chi connectivity index (χ3n) is 0. The molecule has 0 heterocycles. The SMILES string of the molecule is O=S(=O)([O-])[O-].[Ba+2].[H-].[H-].[Na+].[Na+]. The van der Waals surface area contributed by atoms with Crippen molar-refractivity contribution in [1.29, 1.82) is 0 Å². The summed E-state index contributed by atoms with van der Waals surface area (Å²) in [5.74, 6) is 0. The second-order valence-electron chi connectivity index (χ2n) is 0.408. The predicted octanol–water partition coefficient (Wildman–Crippen LogP) is -7.49. The van der Waals surface area contributed by atoms with Gasteiger partial charge >= 0.3 is 108 Å². The number of hydrogen-bond acceptors (Lipinski definition) is 4. The van der Waals surface area contributed by atoms with Crippen LogP contribution in [0.5, 0.6) is 0 Å². The Morgan fingerprint density at radius 2 is 1.12 bits per heavy atom.